The standard InChI is InChI=1S/C20H23Cl2N3.ClH/c1-15-3-5-17(6-4-15)14-24-9-11-25(12-10-24)23-16(2)19-8-7-18(21)13-20(19)22;/h3-8,13H,9-12,14H2,1-2H3;1H/b23-16+;. The molecule has 1 fully saturated rings. The first-order valence-electron chi connectivity index (χ1n) is 8.55. The lowest BCUT2D eigenvalue weighted by Crippen LogP contribution is -2.43. The topological polar surface area (TPSA) is 18.8 Å². The van der Waals surface area contributed by atoms with Gasteiger partial charge in [0.05, 0.1) is 10.7 Å². The van der Waals surface area contributed by atoms with Crippen LogP contribution in [0.15, 0.2) is 47.6 Å². The smallest absolute Gasteiger partial charge is 0.0661 e. The molecule has 140 valence electrons. The predicted octanol–water partition coefficient (Wildman–Crippen LogP) is 5.27. The summed E-state index contributed by atoms with van der Waals surface area (Å²) in [7, 11) is 0. The van der Waals surface area contributed by atoms with Gasteiger partial charge in [-0.25, -0.2) is 0 Å². The van der Waals surface area contributed by atoms with E-state index in [-0.39, 0.29) is 12.4 Å². The molecule has 0 amide bonds. The summed E-state index contributed by atoms with van der Waals surface area (Å²) in [4.78, 5) is 2.47. The lowest BCUT2D eigenvalue weighted by molar-refractivity contribution is 0.130. The van der Waals surface area contributed by atoms with Crippen molar-refractivity contribution in [2.24, 2.45) is 5.10 Å². The molecule has 0 aromatic heterocycles. The average Bonchev–Trinajstić information content (AvgIpc) is 2.58. The highest BCUT2D eigenvalue weighted by molar-refractivity contribution is 6.37. The summed E-state index contributed by atoms with van der Waals surface area (Å²) in [5.74, 6) is 0. The third-order valence-electron chi connectivity index (χ3n) is 4.49. The van der Waals surface area contributed by atoms with E-state index < -0.39 is 0 Å². The zero-order valence-corrected chi connectivity index (χ0v) is 17.4. The van der Waals surface area contributed by atoms with Crippen LogP contribution in [-0.2, 0) is 6.54 Å². The Balaban J connectivity index is 0.00000243. The fourth-order valence-corrected chi connectivity index (χ4v) is 3.54. The number of halogens is 3. The molecule has 6 heteroatoms. The van der Waals surface area contributed by atoms with Gasteiger partial charge in [-0.1, -0.05) is 59.1 Å². The maximum atomic E-state index is 6.27. The normalized spacial score (nSPS) is 15.7. The van der Waals surface area contributed by atoms with Crippen LogP contribution in [-0.4, -0.2) is 41.8 Å². The summed E-state index contributed by atoms with van der Waals surface area (Å²) >= 11 is 12.2. The van der Waals surface area contributed by atoms with E-state index in [0.717, 1.165) is 44.0 Å². The van der Waals surface area contributed by atoms with Gasteiger partial charge in [-0.3, -0.25) is 9.91 Å². The summed E-state index contributed by atoms with van der Waals surface area (Å²) in [6.07, 6.45) is 0. The fourth-order valence-electron chi connectivity index (χ4n) is 3.00. The van der Waals surface area contributed by atoms with Crippen molar-refractivity contribution in [2.75, 3.05) is 26.2 Å². The number of benzene rings is 2. The van der Waals surface area contributed by atoms with Crippen LogP contribution in [0, 0.1) is 6.92 Å². The van der Waals surface area contributed by atoms with Crippen LogP contribution >= 0.6 is 35.6 Å². The van der Waals surface area contributed by atoms with E-state index in [1.54, 1.807) is 6.07 Å². The molecule has 0 unspecified atom stereocenters. The van der Waals surface area contributed by atoms with E-state index in [1.807, 2.05) is 19.1 Å². The lowest BCUT2D eigenvalue weighted by atomic mass is 10.1. The lowest BCUT2D eigenvalue weighted by Gasteiger charge is -2.33. The molecule has 0 spiro atoms. The summed E-state index contributed by atoms with van der Waals surface area (Å²) < 4.78 is 0. The zero-order chi connectivity index (χ0) is 17.8. The van der Waals surface area contributed by atoms with E-state index in [4.69, 9.17) is 28.3 Å². The maximum absolute atomic E-state index is 6.27. The van der Waals surface area contributed by atoms with Gasteiger partial charge in [-0.2, -0.15) is 5.10 Å². The highest BCUT2D eigenvalue weighted by atomic mass is 35.5. The maximum Gasteiger partial charge on any atom is 0.0661 e. The van der Waals surface area contributed by atoms with Crippen molar-refractivity contribution >= 4 is 41.3 Å². The van der Waals surface area contributed by atoms with E-state index in [2.05, 4.69) is 41.1 Å². The molecule has 3 nitrogen and oxygen atoms in total. The highest BCUT2D eigenvalue weighted by Crippen LogP contribution is 2.22. The van der Waals surface area contributed by atoms with Crippen LogP contribution in [0.25, 0.3) is 0 Å². The first kappa shape index (κ1) is 21.0. The first-order chi connectivity index (χ1) is 12.0. The van der Waals surface area contributed by atoms with Gasteiger partial charge in [0.1, 0.15) is 0 Å². The molecule has 0 N–H and O–H groups in total. The molecule has 1 aliphatic heterocycles. The summed E-state index contributed by atoms with van der Waals surface area (Å²) in [5, 5.41) is 8.17. The molecular formula is C20H24Cl3N3. The third kappa shape index (κ3) is 5.62. The molecule has 0 bridgehead atoms. The number of rotatable bonds is 4. The average molecular weight is 413 g/mol. The quantitative estimate of drug-likeness (QED) is 0.637. The second-order valence-electron chi connectivity index (χ2n) is 6.52. The highest BCUT2D eigenvalue weighted by Gasteiger charge is 2.16. The number of aryl methyl sites for hydroxylation is 1. The second kappa shape index (κ2) is 9.61. The Kier molecular flexibility index (Phi) is 7.78. The SMILES string of the molecule is C/C(=N\N1CCN(Cc2ccc(C)cc2)CC1)c1ccc(Cl)cc1Cl.Cl. The molecule has 2 aromatic rings. The Labute approximate surface area is 172 Å². The van der Waals surface area contributed by atoms with Crippen LogP contribution in [0.4, 0.5) is 0 Å². The Hall–Kier alpha value is -1.26. The van der Waals surface area contributed by atoms with Crippen molar-refractivity contribution in [1.29, 1.82) is 0 Å². The molecule has 0 atom stereocenters. The number of nitrogens with zero attached hydrogens (tertiary/aromatic N) is 3. The van der Waals surface area contributed by atoms with Gasteiger partial charge >= 0.3 is 0 Å². The summed E-state index contributed by atoms with van der Waals surface area (Å²) in [6, 6.07) is 14.3. The fraction of sp³-hybridized carbons (Fsp3) is 0.350. The van der Waals surface area contributed by atoms with Crippen molar-refractivity contribution < 1.29 is 0 Å². The third-order valence-corrected chi connectivity index (χ3v) is 5.04. The molecule has 1 aliphatic rings. The number of piperazine rings is 1. The van der Waals surface area contributed by atoms with Crippen LogP contribution in [0.2, 0.25) is 10.0 Å². The monoisotopic (exact) mass is 411 g/mol. The van der Waals surface area contributed by atoms with Crippen LogP contribution in [0.3, 0.4) is 0 Å². The van der Waals surface area contributed by atoms with Gasteiger partial charge < -0.3 is 0 Å². The van der Waals surface area contributed by atoms with E-state index in [0.29, 0.717) is 10.0 Å². The predicted molar refractivity (Wildman–Crippen MR) is 114 cm³/mol. The molecule has 0 aliphatic carbocycles. The van der Waals surface area contributed by atoms with Crippen molar-refractivity contribution in [1.82, 2.24) is 9.91 Å². The molecule has 1 saturated heterocycles. The molecule has 0 radical (unpaired) electrons. The van der Waals surface area contributed by atoms with Crippen LogP contribution in [0.1, 0.15) is 23.6 Å². The molecular weight excluding hydrogens is 389 g/mol. The molecule has 3 rings (SSSR count). The Morgan fingerprint density at radius 2 is 1.65 bits per heavy atom. The zero-order valence-electron chi connectivity index (χ0n) is 15.1. The largest absolute Gasteiger partial charge is 0.295 e. The number of hydrogen-bond donors (Lipinski definition) is 0. The summed E-state index contributed by atoms with van der Waals surface area (Å²) in [5.41, 5.74) is 4.53. The van der Waals surface area contributed by atoms with Crippen LogP contribution < -0.4 is 0 Å². The minimum absolute atomic E-state index is 0. The second-order valence-corrected chi connectivity index (χ2v) is 7.37. The Morgan fingerprint density at radius 3 is 2.27 bits per heavy atom. The van der Waals surface area contributed by atoms with E-state index in [9.17, 15) is 0 Å². The van der Waals surface area contributed by atoms with Gasteiger partial charge in [-0.05, 0) is 31.5 Å². The van der Waals surface area contributed by atoms with Crippen molar-refractivity contribution in [3.05, 3.63) is 69.2 Å². The molecule has 26 heavy (non-hydrogen) atoms. The molecule has 0 saturated carbocycles. The van der Waals surface area contributed by atoms with Gasteiger partial charge in [0.15, 0.2) is 0 Å². The van der Waals surface area contributed by atoms with Gasteiger partial charge in [0, 0.05) is 43.3 Å². The van der Waals surface area contributed by atoms with Crippen molar-refractivity contribution in [3.63, 3.8) is 0 Å². The van der Waals surface area contributed by atoms with Gasteiger partial charge in [-0.15, -0.1) is 12.4 Å². The minimum Gasteiger partial charge on any atom is -0.295 e. The Bertz CT molecular complexity index is 751. The molecule has 2 aromatic carbocycles. The first-order valence-corrected chi connectivity index (χ1v) is 9.30. The summed E-state index contributed by atoms with van der Waals surface area (Å²) in [6.45, 7) is 8.99. The van der Waals surface area contributed by atoms with Crippen molar-refractivity contribution in [2.45, 2.75) is 20.4 Å². The number of hydrazone groups is 1. The van der Waals surface area contributed by atoms with Crippen LogP contribution in [0.5, 0.6) is 0 Å². The van der Waals surface area contributed by atoms with Crippen molar-refractivity contribution in [3.8, 4) is 0 Å². The van der Waals surface area contributed by atoms with Gasteiger partial charge in [0.25, 0.3) is 0 Å². The molecule has 1 heterocycles. The van der Waals surface area contributed by atoms with E-state index in [1.165, 1.54) is 11.1 Å². The van der Waals surface area contributed by atoms with Gasteiger partial charge in [0.2, 0.25) is 0 Å². The minimum atomic E-state index is 0. The number of hydrogen-bond acceptors (Lipinski definition) is 3. The van der Waals surface area contributed by atoms with E-state index >= 15 is 0 Å². The Morgan fingerprint density at radius 1 is 1.00 bits per heavy atom.